The fourth-order valence-corrected chi connectivity index (χ4v) is 1.25. The standard InChI is InChI=1S/C11H14N4/c1-11(2,3)10-13-5-4-9(14-10)15-7-6-12-8-15/h4-8H,1-3H3. The lowest BCUT2D eigenvalue weighted by atomic mass is 9.96. The van der Waals surface area contributed by atoms with Gasteiger partial charge in [0.15, 0.2) is 0 Å². The van der Waals surface area contributed by atoms with Crippen molar-refractivity contribution in [2.75, 3.05) is 0 Å². The largest absolute Gasteiger partial charge is 0.290 e. The van der Waals surface area contributed by atoms with Crippen molar-refractivity contribution < 1.29 is 0 Å². The van der Waals surface area contributed by atoms with E-state index >= 15 is 0 Å². The SMILES string of the molecule is CC(C)(C)c1nccc(-n2ccnc2)n1. The van der Waals surface area contributed by atoms with Gasteiger partial charge < -0.3 is 0 Å². The molecule has 2 rings (SSSR count). The van der Waals surface area contributed by atoms with E-state index in [-0.39, 0.29) is 5.41 Å². The van der Waals surface area contributed by atoms with Crippen molar-refractivity contribution in [3.05, 3.63) is 36.8 Å². The van der Waals surface area contributed by atoms with E-state index in [1.165, 1.54) is 0 Å². The van der Waals surface area contributed by atoms with Crippen LogP contribution in [-0.4, -0.2) is 19.5 Å². The molecule has 0 saturated heterocycles. The van der Waals surface area contributed by atoms with E-state index in [0.717, 1.165) is 11.6 Å². The van der Waals surface area contributed by atoms with Crippen LogP contribution in [0.25, 0.3) is 5.82 Å². The van der Waals surface area contributed by atoms with E-state index < -0.39 is 0 Å². The second-order valence-corrected chi connectivity index (χ2v) is 4.46. The average molecular weight is 202 g/mol. The Morgan fingerprint density at radius 1 is 1.20 bits per heavy atom. The summed E-state index contributed by atoms with van der Waals surface area (Å²) in [5.74, 6) is 1.70. The van der Waals surface area contributed by atoms with Gasteiger partial charge >= 0.3 is 0 Å². The zero-order valence-corrected chi connectivity index (χ0v) is 9.18. The molecule has 4 heteroatoms. The molecule has 0 N–H and O–H groups in total. The molecule has 4 nitrogen and oxygen atoms in total. The molecule has 0 saturated carbocycles. The van der Waals surface area contributed by atoms with Crippen LogP contribution in [0.15, 0.2) is 31.0 Å². The van der Waals surface area contributed by atoms with Crippen molar-refractivity contribution >= 4 is 0 Å². The van der Waals surface area contributed by atoms with Gasteiger partial charge in [0.1, 0.15) is 18.0 Å². The Morgan fingerprint density at radius 2 is 2.00 bits per heavy atom. The summed E-state index contributed by atoms with van der Waals surface area (Å²) in [5, 5.41) is 0. The maximum atomic E-state index is 4.50. The number of nitrogens with zero attached hydrogens (tertiary/aromatic N) is 4. The Morgan fingerprint density at radius 3 is 2.60 bits per heavy atom. The van der Waals surface area contributed by atoms with Crippen LogP contribution < -0.4 is 0 Å². The smallest absolute Gasteiger partial charge is 0.141 e. The van der Waals surface area contributed by atoms with Gasteiger partial charge in [0.05, 0.1) is 0 Å². The van der Waals surface area contributed by atoms with Crippen LogP contribution in [0.3, 0.4) is 0 Å². The third-order valence-corrected chi connectivity index (χ3v) is 2.08. The van der Waals surface area contributed by atoms with Gasteiger partial charge in [0.2, 0.25) is 0 Å². The van der Waals surface area contributed by atoms with Crippen molar-refractivity contribution in [3.63, 3.8) is 0 Å². The van der Waals surface area contributed by atoms with E-state index in [9.17, 15) is 0 Å². The summed E-state index contributed by atoms with van der Waals surface area (Å²) in [4.78, 5) is 12.8. The van der Waals surface area contributed by atoms with Gasteiger partial charge in [-0.2, -0.15) is 0 Å². The molecule has 0 aliphatic rings. The van der Waals surface area contributed by atoms with Gasteiger partial charge in [-0.3, -0.25) is 4.57 Å². The van der Waals surface area contributed by atoms with Crippen LogP contribution in [0.5, 0.6) is 0 Å². The first-order valence-corrected chi connectivity index (χ1v) is 4.89. The molecular formula is C11H14N4. The molecule has 0 atom stereocenters. The number of hydrogen-bond acceptors (Lipinski definition) is 3. The Bertz CT molecular complexity index is 440. The number of rotatable bonds is 1. The lowest BCUT2D eigenvalue weighted by molar-refractivity contribution is 0.543. The van der Waals surface area contributed by atoms with Gasteiger partial charge in [-0.25, -0.2) is 15.0 Å². The highest BCUT2D eigenvalue weighted by molar-refractivity contribution is 5.22. The van der Waals surface area contributed by atoms with Crippen LogP contribution in [0.2, 0.25) is 0 Å². The summed E-state index contributed by atoms with van der Waals surface area (Å²) < 4.78 is 1.87. The Labute approximate surface area is 89.0 Å². The lowest BCUT2D eigenvalue weighted by Gasteiger charge is -2.16. The first-order chi connectivity index (χ1) is 7.07. The fourth-order valence-electron chi connectivity index (χ4n) is 1.25. The van der Waals surface area contributed by atoms with E-state index in [1.54, 1.807) is 18.7 Å². The van der Waals surface area contributed by atoms with Gasteiger partial charge in [-0.05, 0) is 6.07 Å². The van der Waals surface area contributed by atoms with Gasteiger partial charge in [0.25, 0.3) is 0 Å². The number of hydrogen-bond donors (Lipinski definition) is 0. The van der Waals surface area contributed by atoms with E-state index in [0.29, 0.717) is 0 Å². The zero-order chi connectivity index (χ0) is 10.9. The number of imidazole rings is 1. The summed E-state index contributed by atoms with van der Waals surface area (Å²) >= 11 is 0. The van der Waals surface area contributed by atoms with Gasteiger partial charge in [-0.15, -0.1) is 0 Å². The summed E-state index contributed by atoms with van der Waals surface area (Å²) in [6, 6.07) is 1.87. The first kappa shape index (κ1) is 9.83. The molecule has 15 heavy (non-hydrogen) atoms. The highest BCUT2D eigenvalue weighted by Gasteiger charge is 2.17. The Kier molecular flexibility index (Phi) is 2.26. The summed E-state index contributed by atoms with van der Waals surface area (Å²) in [7, 11) is 0. The number of aromatic nitrogens is 4. The monoisotopic (exact) mass is 202 g/mol. The normalized spacial score (nSPS) is 11.7. The molecule has 0 aliphatic heterocycles. The van der Waals surface area contributed by atoms with E-state index in [1.807, 2.05) is 16.8 Å². The highest BCUT2D eigenvalue weighted by Crippen LogP contribution is 2.18. The third-order valence-electron chi connectivity index (χ3n) is 2.08. The second-order valence-electron chi connectivity index (χ2n) is 4.46. The van der Waals surface area contributed by atoms with Crippen molar-refractivity contribution in [2.45, 2.75) is 26.2 Å². The fraction of sp³-hybridized carbons (Fsp3) is 0.364. The van der Waals surface area contributed by atoms with Gasteiger partial charge in [-0.1, -0.05) is 20.8 Å². The van der Waals surface area contributed by atoms with Crippen molar-refractivity contribution in [3.8, 4) is 5.82 Å². The molecule has 0 bridgehead atoms. The average Bonchev–Trinajstić information content (AvgIpc) is 2.69. The van der Waals surface area contributed by atoms with E-state index in [4.69, 9.17) is 0 Å². The molecule has 2 aromatic heterocycles. The molecule has 78 valence electrons. The topological polar surface area (TPSA) is 43.6 Å². The van der Waals surface area contributed by atoms with Crippen LogP contribution in [-0.2, 0) is 5.41 Å². The molecule has 0 spiro atoms. The lowest BCUT2D eigenvalue weighted by Crippen LogP contribution is -2.16. The molecule has 0 aromatic carbocycles. The molecule has 2 aromatic rings. The Balaban J connectivity index is 2.44. The van der Waals surface area contributed by atoms with Crippen LogP contribution in [0, 0.1) is 0 Å². The molecule has 0 aliphatic carbocycles. The van der Waals surface area contributed by atoms with Crippen molar-refractivity contribution in [2.24, 2.45) is 0 Å². The molecule has 0 fully saturated rings. The summed E-state index contributed by atoms with van der Waals surface area (Å²) in [6.45, 7) is 6.29. The van der Waals surface area contributed by atoms with Crippen molar-refractivity contribution in [1.82, 2.24) is 19.5 Å². The second kappa shape index (κ2) is 3.46. The van der Waals surface area contributed by atoms with Crippen LogP contribution >= 0.6 is 0 Å². The summed E-state index contributed by atoms with van der Waals surface area (Å²) in [5.41, 5.74) is -0.0312. The highest BCUT2D eigenvalue weighted by atomic mass is 15.1. The predicted molar refractivity (Wildman–Crippen MR) is 57.9 cm³/mol. The summed E-state index contributed by atoms with van der Waals surface area (Å²) in [6.07, 6.45) is 7.12. The van der Waals surface area contributed by atoms with Crippen molar-refractivity contribution in [1.29, 1.82) is 0 Å². The zero-order valence-electron chi connectivity index (χ0n) is 9.18. The minimum atomic E-state index is -0.0312. The molecule has 0 radical (unpaired) electrons. The third kappa shape index (κ3) is 2.03. The first-order valence-electron chi connectivity index (χ1n) is 4.89. The molecule has 0 unspecified atom stereocenters. The Hall–Kier alpha value is -1.71. The predicted octanol–water partition coefficient (Wildman–Crippen LogP) is 1.96. The van der Waals surface area contributed by atoms with Gasteiger partial charge in [0, 0.05) is 24.0 Å². The maximum Gasteiger partial charge on any atom is 0.141 e. The van der Waals surface area contributed by atoms with Crippen LogP contribution in [0.4, 0.5) is 0 Å². The molecular weight excluding hydrogens is 188 g/mol. The molecule has 0 amide bonds. The maximum absolute atomic E-state index is 4.50. The van der Waals surface area contributed by atoms with Crippen LogP contribution in [0.1, 0.15) is 26.6 Å². The van der Waals surface area contributed by atoms with E-state index in [2.05, 4.69) is 35.7 Å². The quantitative estimate of drug-likeness (QED) is 0.710. The minimum Gasteiger partial charge on any atom is -0.290 e. The molecule has 2 heterocycles. The minimum absolute atomic E-state index is 0.0312.